The Morgan fingerprint density at radius 1 is 1.19 bits per heavy atom. The minimum atomic E-state index is -0.623. The summed E-state index contributed by atoms with van der Waals surface area (Å²) in [5.74, 6) is -1.04. The Kier molecular flexibility index (Phi) is 6.54. The van der Waals surface area contributed by atoms with Crippen molar-refractivity contribution in [2.24, 2.45) is 0 Å². The normalized spacial score (nSPS) is 10.3. The van der Waals surface area contributed by atoms with Crippen LogP contribution in [0.5, 0.6) is 5.75 Å². The number of carbonyl (C=O) groups excluding carboxylic acids is 2. The molecule has 136 valence electrons. The molecule has 0 radical (unpaired) electrons. The molecule has 0 saturated carbocycles. The van der Waals surface area contributed by atoms with Crippen LogP contribution >= 0.6 is 23.2 Å². The second-order valence-corrected chi connectivity index (χ2v) is 6.08. The number of carbonyl (C=O) groups is 2. The predicted octanol–water partition coefficient (Wildman–Crippen LogP) is 4.86. The van der Waals surface area contributed by atoms with Crippen molar-refractivity contribution in [3.05, 3.63) is 62.1 Å². The number of ether oxygens (including phenoxy) is 1. The molecule has 0 bridgehead atoms. The van der Waals surface area contributed by atoms with E-state index in [0.717, 1.165) is 6.07 Å². The van der Waals surface area contributed by atoms with Crippen molar-refractivity contribution >= 4 is 46.5 Å². The molecule has 9 heteroatoms. The van der Waals surface area contributed by atoms with Crippen LogP contribution in [0.15, 0.2) is 36.4 Å². The lowest BCUT2D eigenvalue weighted by atomic mass is 10.1. The zero-order valence-corrected chi connectivity index (χ0v) is 15.1. The van der Waals surface area contributed by atoms with Gasteiger partial charge in [-0.2, -0.15) is 0 Å². The first kappa shape index (κ1) is 19.7. The van der Waals surface area contributed by atoms with Crippen LogP contribution in [0.3, 0.4) is 0 Å². The summed E-state index contributed by atoms with van der Waals surface area (Å²) in [6.45, 7) is 1.83. The van der Waals surface area contributed by atoms with Gasteiger partial charge in [-0.25, -0.2) is 0 Å². The first-order chi connectivity index (χ1) is 12.3. The average Bonchev–Trinajstić information content (AvgIpc) is 2.58. The fraction of sp³-hybridized carbons (Fsp3) is 0.176. The van der Waals surface area contributed by atoms with E-state index in [1.54, 1.807) is 0 Å². The summed E-state index contributed by atoms with van der Waals surface area (Å²) in [5, 5.41) is 13.5. The highest BCUT2D eigenvalue weighted by atomic mass is 35.5. The predicted molar refractivity (Wildman–Crippen MR) is 98.1 cm³/mol. The van der Waals surface area contributed by atoms with Crippen LogP contribution in [0.25, 0.3) is 0 Å². The quantitative estimate of drug-likeness (QED) is 0.325. The topological polar surface area (TPSA) is 98.5 Å². The van der Waals surface area contributed by atoms with E-state index in [9.17, 15) is 19.7 Å². The van der Waals surface area contributed by atoms with Crippen molar-refractivity contribution in [3.8, 4) is 5.75 Å². The fourth-order valence-corrected chi connectivity index (χ4v) is 2.45. The molecule has 26 heavy (non-hydrogen) atoms. The lowest BCUT2D eigenvalue weighted by Gasteiger charge is -2.12. The van der Waals surface area contributed by atoms with Crippen LogP contribution in [0.4, 0.5) is 11.4 Å². The molecule has 0 unspecified atom stereocenters. The SMILES string of the molecule is CCCC(=O)Oc1ccc(Cl)cc1C(=O)Nc1ccc([N+](=O)[O-])cc1Cl. The van der Waals surface area contributed by atoms with Gasteiger partial charge in [-0.15, -0.1) is 0 Å². The van der Waals surface area contributed by atoms with Crippen LogP contribution in [-0.4, -0.2) is 16.8 Å². The van der Waals surface area contributed by atoms with Gasteiger partial charge in [-0.1, -0.05) is 30.1 Å². The molecule has 2 aromatic carbocycles. The number of amides is 1. The van der Waals surface area contributed by atoms with Crippen molar-refractivity contribution in [3.63, 3.8) is 0 Å². The lowest BCUT2D eigenvalue weighted by molar-refractivity contribution is -0.384. The lowest BCUT2D eigenvalue weighted by Crippen LogP contribution is -2.16. The summed E-state index contributed by atoms with van der Waals surface area (Å²) < 4.78 is 5.20. The molecule has 2 rings (SSSR count). The van der Waals surface area contributed by atoms with Gasteiger partial charge in [0.15, 0.2) is 0 Å². The van der Waals surface area contributed by atoms with Gasteiger partial charge in [0.2, 0.25) is 0 Å². The minimum absolute atomic E-state index is 0.000828. The van der Waals surface area contributed by atoms with E-state index in [1.165, 1.54) is 30.3 Å². The summed E-state index contributed by atoms with van der Waals surface area (Å²) >= 11 is 11.9. The van der Waals surface area contributed by atoms with Crippen LogP contribution in [0.1, 0.15) is 30.1 Å². The second-order valence-electron chi connectivity index (χ2n) is 5.24. The third kappa shape index (κ3) is 4.93. The van der Waals surface area contributed by atoms with Crippen molar-refractivity contribution in [2.75, 3.05) is 5.32 Å². The molecule has 7 nitrogen and oxygen atoms in total. The average molecular weight is 397 g/mol. The highest BCUT2D eigenvalue weighted by Crippen LogP contribution is 2.29. The van der Waals surface area contributed by atoms with Gasteiger partial charge < -0.3 is 10.1 Å². The van der Waals surface area contributed by atoms with Crippen molar-refractivity contribution in [2.45, 2.75) is 19.8 Å². The molecule has 0 aromatic heterocycles. The summed E-state index contributed by atoms with van der Waals surface area (Å²) in [6, 6.07) is 7.91. The van der Waals surface area contributed by atoms with Gasteiger partial charge in [0.1, 0.15) is 5.75 Å². The third-order valence-electron chi connectivity index (χ3n) is 3.28. The Hall–Kier alpha value is -2.64. The van der Waals surface area contributed by atoms with E-state index in [1.807, 2.05) is 6.92 Å². The molecule has 0 fully saturated rings. The summed E-state index contributed by atoms with van der Waals surface area (Å²) in [7, 11) is 0. The molecule has 1 N–H and O–H groups in total. The Labute approximate surface area is 159 Å². The van der Waals surface area contributed by atoms with Gasteiger partial charge in [0.05, 0.1) is 21.2 Å². The number of rotatable bonds is 6. The van der Waals surface area contributed by atoms with E-state index in [2.05, 4.69) is 5.32 Å². The maximum Gasteiger partial charge on any atom is 0.311 e. The number of hydrogen-bond donors (Lipinski definition) is 1. The van der Waals surface area contributed by atoms with E-state index in [-0.39, 0.29) is 39.2 Å². The molecule has 2 aromatic rings. The van der Waals surface area contributed by atoms with E-state index in [0.29, 0.717) is 6.42 Å². The number of nitrogens with zero attached hydrogens (tertiary/aromatic N) is 1. The third-order valence-corrected chi connectivity index (χ3v) is 3.82. The van der Waals surface area contributed by atoms with Gasteiger partial charge >= 0.3 is 5.97 Å². The zero-order chi connectivity index (χ0) is 19.3. The smallest absolute Gasteiger partial charge is 0.311 e. The number of benzene rings is 2. The van der Waals surface area contributed by atoms with Crippen LogP contribution in [-0.2, 0) is 4.79 Å². The molecular weight excluding hydrogens is 383 g/mol. The van der Waals surface area contributed by atoms with Crippen molar-refractivity contribution in [1.29, 1.82) is 0 Å². The molecule has 0 heterocycles. The number of esters is 1. The number of hydrogen-bond acceptors (Lipinski definition) is 5. The summed E-state index contributed by atoms with van der Waals surface area (Å²) in [5.41, 5.74) is 0.00869. The number of nitrogens with one attached hydrogen (secondary N) is 1. The number of anilines is 1. The largest absolute Gasteiger partial charge is 0.426 e. The van der Waals surface area contributed by atoms with Gasteiger partial charge in [0.25, 0.3) is 11.6 Å². The number of nitro benzene ring substituents is 1. The zero-order valence-electron chi connectivity index (χ0n) is 13.6. The Morgan fingerprint density at radius 2 is 1.92 bits per heavy atom. The maximum absolute atomic E-state index is 12.5. The van der Waals surface area contributed by atoms with Crippen LogP contribution in [0, 0.1) is 10.1 Å². The van der Waals surface area contributed by atoms with Gasteiger partial charge in [-0.3, -0.25) is 19.7 Å². The van der Waals surface area contributed by atoms with E-state index < -0.39 is 16.8 Å². The molecule has 0 aliphatic carbocycles. The highest BCUT2D eigenvalue weighted by Gasteiger charge is 2.18. The van der Waals surface area contributed by atoms with Crippen molar-refractivity contribution < 1.29 is 19.2 Å². The molecule has 1 amide bonds. The number of nitro groups is 1. The molecular formula is C17H14Cl2N2O5. The Morgan fingerprint density at radius 3 is 2.54 bits per heavy atom. The summed E-state index contributed by atoms with van der Waals surface area (Å²) in [6.07, 6.45) is 0.810. The monoisotopic (exact) mass is 396 g/mol. The number of non-ortho nitro benzene ring substituents is 1. The Bertz CT molecular complexity index is 870. The highest BCUT2D eigenvalue weighted by molar-refractivity contribution is 6.34. The Balaban J connectivity index is 2.27. The molecule has 0 saturated heterocycles. The van der Waals surface area contributed by atoms with E-state index >= 15 is 0 Å². The standard InChI is InChI=1S/C17H14Cl2N2O5/c1-2-3-16(22)26-15-7-4-10(18)8-12(15)17(23)20-14-6-5-11(21(24)25)9-13(14)19/h4-9H,2-3H2,1H3,(H,20,23). The molecule has 0 atom stereocenters. The first-order valence-electron chi connectivity index (χ1n) is 7.57. The van der Waals surface area contributed by atoms with Crippen LogP contribution < -0.4 is 10.1 Å². The fourth-order valence-electron chi connectivity index (χ4n) is 2.06. The molecule has 0 aliphatic heterocycles. The van der Waals surface area contributed by atoms with Crippen molar-refractivity contribution in [1.82, 2.24) is 0 Å². The molecule has 0 aliphatic rings. The van der Waals surface area contributed by atoms with Crippen LogP contribution in [0.2, 0.25) is 10.0 Å². The summed E-state index contributed by atoms with van der Waals surface area (Å²) in [4.78, 5) is 34.4. The molecule has 0 spiro atoms. The first-order valence-corrected chi connectivity index (χ1v) is 8.33. The second kappa shape index (κ2) is 8.64. The van der Waals surface area contributed by atoms with Gasteiger partial charge in [0, 0.05) is 23.6 Å². The van der Waals surface area contributed by atoms with E-state index in [4.69, 9.17) is 27.9 Å². The maximum atomic E-state index is 12.5. The minimum Gasteiger partial charge on any atom is -0.426 e. The van der Waals surface area contributed by atoms with Gasteiger partial charge in [-0.05, 0) is 30.7 Å². The number of halogens is 2.